The van der Waals surface area contributed by atoms with E-state index in [2.05, 4.69) is 254 Å². The molecule has 2 heterocycles. The first-order valence-corrected chi connectivity index (χ1v) is 23.4. The third-order valence-corrected chi connectivity index (χ3v) is 18.1. The number of para-hydroxylation sites is 2. The molecule has 0 atom stereocenters. The molecule has 0 saturated heterocycles. The minimum Gasteiger partial charge on any atom is -0.457 e. The third kappa shape index (κ3) is 5.28. The summed E-state index contributed by atoms with van der Waals surface area (Å²) in [6, 6.07) is 91.9. The van der Waals surface area contributed by atoms with Crippen molar-refractivity contribution in [2.45, 2.75) is 5.41 Å². The van der Waals surface area contributed by atoms with Gasteiger partial charge in [-0.3, -0.25) is 0 Å². The summed E-state index contributed by atoms with van der Waals surface area (Å²) in [6.07, 6.45) is 0. The maximum atomic E-state index is 6.82. The summed E-state index contributed by atoms with van der Waals surface area (Å²) in [5.41, 5.74) is 9.99. The summed E-state index contributed by atoms with van der Waals surface area (Å²) in [6.45, 7) is 0. The van der Waals surface area contributed by atoms with Gasteiger partial charge in [0, 0.05) is 27.9 Å². The first kappa shape index (κ1) is 36.2. The van der Waals surface area contributed by atoms with E-state index in [0.717, 1.165) is 39.7 Å². The van der Waals surface area contributed by atoms with Crippen molar-refractivity contribution in [2.75, 3.05) is 4.90 Å². The van der Waals surface area contributed by atoms with Crippen LogP contribution in [0.4, 0.5) is 17.1 Å². The zero-order valence-electron chi connectivity index (χ0n) is 34.0. The van der Waals surface area contributed by atoms with E-state index in [9.17, 15) is 0 Å². The van der Waals surface area contributed by atoms with E-state index >= 15 is 0 Å². The standard InChI is InChI=1S/C59H41NOSi/c1-4-19-42(20-5-1)43-35-37-45(38-36-43)60(54-31-18-22-44-21-10-11-27-49(44)54)46-39-40-53-58(41-46)62(47-23-6-2-7-24-47,48-25-8-3-9-26-48)57-34-17-14-30-52(57)59(53)50-28-12-15-32-55(50)61-56-33-16-13-29-51(56)59/h1-41H. The molecule has 0 unspecified atom stereocenters. The number of ether oxygens (including phenoxy) is 1. The quantitative estimate of drug-likeness (QED) is 0.155. The fraction of sp³-hybridized carbons (Fsp3) is 0.0169. The van der Waals surface area contributed by atoms with Crippen molar-refractivity contribution in [2.24, 2.45) is 0 Å². The van der Waals surface area contributed by atoms with Crippen molar-refractivity contribution in [3.05, 3.63) is 271 Å². The summed E-state index contributed by atoms with van der Waals surface area (Å²) in [5.74, 6) is 1.78. The van der Waals surface area contributed by atoms with Crippen LogP contribution in [0.3, 0.4) is 0 Å². The molecule has 12 rings (SSSR count). The molecule has 0 aliphatic carbocycles. The Hall–Kier alpha value is -7.72. The predicted octanol–water partition coefficient (Wildman–Crippen LogP) is 12.2. The minimum atomic E-state index is -3.08. The molecule has 10 aromatic carbocycles. The molecule has 0 radical (unpaired) electrons. The van der Waals surface area contributed by atoms with Gasteiger partial charge in [0.05, 0.1) is 11.1 Å². The lowest BCUT2D eigenvalue weighted by Gasteiger charge is -2.51. The van der Waals surface area contributed by atoms with Crippen LogP contribution in [0.25, 0.3) is 21.9 Å². The van der Waals surface area contributed by atoms with E-state index in [1.807, 2.05) is 0 Å². The SMILES string of the molecule is c1ccc(-c2ccc(N(c3ccc4c(c3)[Si](c3ccccc3)(c3ccccc3)c3ccccc3C43c4ccccc4Oc4ccccc43)c3cccc4ccccc34)cc2)cc1. The zero-order chi connectivity index (χ0) is 41.1. The van der Waals surface area contributed by atoms with Gasteiger partial charge in [-0.1, -0.05) is 206 Å². The summed E-state index contributed by atoms with van der Waals surface area (Å²) >= 11 is 0. The molecule has 10 aromatic rings. The van der Waals surface area contributed by atoms with Gasteiger partial charge in [0.15, 0.2) is 8.07 Å². The smallest absolute Gasteiger partial charge is 0.180 e. The number of anilines is 3. The Morgan fingerprint density at radius 2 is 0.855 bits per heavy atom. The Morgan fingerprint density at radius 1 is 0.355 bits per heavy atom. The first-order valence-electron chi connectivity index (χ1n) is 21.4. The summed E-state index contributed by atoms with van der Waals surface area (Å²) in [5, 5.41) is 7.85. The van der Waals surface area contributed by atoms with Crippen LogP contribution in [0.2, 0.25) is 0 Å². The Balaban J connectivity index is 1.22. The number of fused-ring (bicyclic) bond motifs is 9. The van der Waals surface area contributed by atoms with Crippen molar-refractivity contribution in [3.8, 4) is 22.6 Å². The molecule has 2 aliphatic heterocycles. The van der Waals surface area contributed by atoms with Gasteiger partial charge in [0.2, 0.25) is 0 Å². The highest BCUT2D eigenvalue weighted by Crippen LogP contribution is 2.56. The number of benzene rings is 10. The van der Waals surface area contributed by atoms with Gasteiger partial charge in [-0.15, -0.1) is 0 Å². The molecule has 1 spiro atoms. The van der Waals surface area contributed by atoms with Crippen molar-refractivity contribution >= 4 is 56.7 Å². The van der Waals surface area contributed by atoms with Crippen molar-refractivity contribution < 1.29 is 4.74 Å². The van der Waals surface area contributed by atoms with Gasteiger partial charge in [-0.05, 0) is 90.9 Å². The largest absolute Gasteiger partial charge is 0.457 e. The highest BCUT2D eigenvalue weighted by molar-refractivity contribution is 7.20. The number of nitrogens with zero attached hydrogens (tertiary/aromatic N) is 1. The van der Waals surface area contributed by atoms with Gasteiger partial charge in [-0.25, -0.2) is 0 Å². The van der Waals surface area contributed by atoms with E-state index in [4.69, 9.17) is 4.74 Å². The number of hydrogen-bond donors (Lipinski definition) is 0. The van der Waals surface area contributed by atoms with E-state index in [0.29, 0.717) is 0 Å². The van der Waals surface area contributed by atoms with Crippen LogP contribution in [-0.2, 0) is 5.41 Å². The van der Waals surface area contributed by atoms with Crippen molar-refractivity contribution in [3.63, 3.8) is 0 Å². The van der Waals surface area contributed by atoms with Gasteiger partial charge in [0.25, 0.3) is 0 Å². The van der Waals surface area contributed by atoms with Crippen LogP contribution in [0.5, 0.6) is 11.5 Å². The van der Waals surface area contributed by atoms with Gasteiger partial charge in [-0.2, -0.15) is 0 Å². The van der Waals surface area contributed by atoms with Crippen LogP contribution >= 0.6 is 0 Å². The molecule has 0 aromatic heterocycles. The van der Waals surface area contributed by atoms with Gasteiger partial charge < -0.3 is 9.64 Å². The second-order valence-electron chi connectivity index (χ2n) is 16.3. The summed E-state index contributed by atoms with van der Waals surface area (Å²) in [4.78, 5) is 2.48. The van der Waals surface area contributed by atoms with Crippen LogP contribution in [0.1, 0.15) is 22.3 Å². The molecule has 3 heteroatoms. The lowest BCUT2D eigenvalue weighted by Crippen LogP contribution is -2.79. The zero-order valence-corrected chi connectivity index (χ0v) is 35.0. The van der Waals surface area contributed by atoms with Gasteiger partial charge >= 0.3 is 0 Å². The summed E-state index contributed by atoms with van der Waals surface area (Å²) in [7, 11) is -3.08. The van der Waals surface area contributed by atoms with Crippen LogP contribution in [0.15, 0.2) is 249 Å². The van der Waals surface area contributed by atoms with Crippen LogP contribution in [0, 0.1) is 0 Å². The third-order valence-electron chi connectivity index (χ3n) is 13.3. The van der Waals surface area contributed by atoms with Crippen molar-refractivity contribution in [1.82, 2.24) is 0 Å². The van der Waals surface area contributed by atoms with Crippen molar-refractivity contribution in [1.29, 1.82) is 0 Å². The average molecular weight is 808 g/mol. The number of hydrogen-bond acceptors (Lipinski definition) is 2. The Kier molecular flexibility index (Phi) is 8.44. The average Bonchev–Trinajstić information content (AvgIpc) is 3.35. The maximum absolute atomic E-state index is 6.82. The monoisotopic (exact) mass is 807 g/mol. The Morgan fingerprint density at radius 3 is 1.53 bits per heavy atom. The number of rotatable bonds is 6. The topological polar surface area (TPSA) is 12.5 Å². The molecule has 0 amide bonds. The fourth-order valence-corrected chi connectivity index (χ4v) is 16.1. The summed E-state index contributed by atoms with van der Waals surface area (Å²) < 4.78 is 6.82. The van der Waals surface area contributed by atoms with E-state index in [1.54, 1.807) is 0 Å². The molecule has 62 heavy (non-hydrogen) atoms. The lowest BCUT2D eigenvalue weighted by atomic mass is 9.63. The Labute approximate surface area is 363 Å². The molecule has 292 valence electrons. The van der Waals surface area contributed by atoms with E-state index in [1.165, 1.54) is 53.8 Å². The Bertz CT molecular complexity index is 3180. The molecule has 0 saturated carbocycles. The first-order chi connectivity index (χ1) is 30.8. The minimum absolute atomic E-state index is 0.655. The predicted molar refractivity (Wildman–Crippen MR) is 260 cm³/mol. The molecule has 2 nitrogen and oxygen atoms in total. The highest BCUT2D eigenvalue weighted by Gasteiger charge is 2.57. The highest BCUT2D eigenvalue weighted by atomic mass is 28.3. The fourth-order valence-electron chi connectivity index (χ4n) is 10.7. The van der Waals surface area contributed by atoms with E-state index < -0.39 is 13.5 Å². The maximum Gasteiger partial charge on any atom is 0.180 e. The molecule has 2 aliphatic rings. The molecular weight excluding hydrogens is 767 g/mol. The second kappa shape index (κ2) is 14.5. The van der Waals surface area contributed by atoms with E-state index in [-0.39, 0.29) is 0 Å². The second-order valence-corrected chi connectivity index (χ2v) is 20.1. The molecular formula is C59H41NOSi. The molecule has 0 bridgehead atoms. The van der Waals surface area contributed by atoms with Crippen LogP contribution in [-0.4, -0.2) is 8.07 Å². The van der Waals surface area contributed by atoms with Crippen LogP contribution < -0.4 is 30.4 Å². The molecule has 0 fully saturated rings. The molecule has 0 N–H and O–H groups in total. The normalized spacial score (nSPS) is 13.9. The van der Waals surface area contributed by atoms with Gasteiger partial charge in [0.1, 0.15) is 11.5 Å². The lowest BCUT2D eigenvalue weighted by molar-refractivity contribution is 0.435.